The number of hydrogen-bond acceptors (Lipinski definition) is 4. The van der Waals surface area contributed by atoms with Gasteiger partial charge in [0.25, 0.3) is 0 Å². The first-order valence-corrected chi connectivity index (χ1v) is 3.83. The van der Waals surface area contributed by atoms with Crippen LogP contribution in [0.4, 0.5) is 0 Å². The van der Waals surface area contributed by atoms with Crippen molar-refractivity contribution in [1.29, 1.82) is 0 Å². The zero-order valence-electron chi connectivity index (χ0n) is 6.30. The van der Waals surface area contributed by atoms with Crippen molar-refractivity contribution in [2.45, 2.75) is 31.5 Å². The fraction of sp³-hybridized carbons (Fsp3) is 1.00. The number of aliphatic hydroxyl groups excluding tert-OH is 2. The maximum absolute atomic E-state index is 9.42. The highest BCUT2D eigenvalue weighted by molar-refractivity contribution is 4.90. The highest BCUT2D eigenvalue weighted by Gasteiger charge is 2.47. The molecule has 2 aliphatic rings. The molecule has 0 radical (unpaired) electrons. The van der Waals surface area contributed by atoms with E-state index in [2.05, 4.69) is 0 Å². The van der Waals surface area contributed by atoms with Gasteiger partial charge in [0.05, 0.1) is 18.8 Å². The summed E-state index contributed by atoms with van der Waals surface area (Å²) in [6, 6.07) is 0. The Morgan fingerprint density at radius 3 is 2.73 bits per heavy atom. The topological polar surface area (TPSA) is 58.9 Å². The lowest BCUT2D eigenvalue weighted by atomic mass is 9.93. The molecule has 0 aromatic heterocycles. The van der Waals surface area contributed by atoms with Gasteiger partial charge in [0.15, 0.2) is 6.29 Å². The fourth-order valence-electron chi connectivity index (χ4n) is 1.59. The molecule has 4 nitrogen and oxygen atoms in total. The van der Waals surface area contributed by atoms with E-state index < -0.39 is 18.5 Å². The predicted octanol–water partition coefficient (Wildman–Crippen LogP) is -0.901. The predicted molar refractivity (Wildman–Crippen MR) is 35.8 cm³/mol. The van der Waals surface area contributed by atoms with Crippen LogP contribution < -0.4 is 0 Å². The quantitative estimate of drug-likeness (QED) is 0.482. The van der Waals surface area contributed by atoms with Gasteiger partial charge in [0.1, 0.15) is 6.10 Å². The van der Waals surface area contributed by atoms with Crippen LogP contribution in [0.3, 0.4) is 0 Å². The van der Waals surface area contributed by atoms with Gasteiger partial charge < -0.3 is 19.7 Å². The van der Waals surface area contributed by atoms with Crippen molar-refractivity contribution in [2.75, 3.05) is 6.61 Å². The Labute approximate surface area is 64.7 Å². The number of rotatable bonds is 0. The maximum Gasteiger partial charge on any atom is 0.186 e. The first kappa shape index (κ1) is 7.49. The average molecular weight is 160 g/mol. The highest BCUT2D eigenvalue weighted by Crippen LogP contribution is 2.31. The van der Waals surface area contributed by atoms with Gasteiger partial charge in [-0.3, -0.25) is 0 Å². The van der Waals surface area contributed by atoms with E-state index in [4.69, 9.17) is 9.47 Å². The zero-order valence-corrected chi connectivity index (χ0v) is 6.30. The molecule has 0 aromatic carbocycles. The maximum atomic E-state index is 9.42. The molecule has 0 spiro atoms. The van der Waals surface area contributed by atoms with E-state index in [9.17, 15) is 10.2 Å². The van der Waals surface area contributed by atoms with E-state index in [0.717, 1.165) is 0 Å². The molecule has 0 aromatic rings. The normalized spacial score (nSPS) is 56.5. The third kappa shape index (κ3) is 0.980. The van der Waals surface area contributed by atoms with Crippen LogP contribution in [0.1, 0.15) is 6.92 Å². The molecule has 0 aliphatic carbocycles. The summed E-state index contributed by atoms with van der Waals surface area (Å²) in [4.78, 5) is 0. The number of aliphatic hydroxyl groups is 2. The summed E-state index contributed by atoms with van der Waals surface area (Å²) < 4.78 is 10.4. The van der Waals surface area contributed by atoms with Gasteiger partial charge in [0, 0.05) is 5.92 Å². The summed E-state index contributed by atoms with van der Waals surface area (Å²) in [7, 11) is 0. The van der Waals surface area contributed by atoms with E-state index in [1.165, 1.54) is 0 Å². The van der Waals surface area contributed by atoms with Crippen LogP contribution in [0.2, 0.25) is 0 Å². The first-order chi connectivity index (χ1) is 5.20. The van der Waals surface area contributed by atoms with Crippen molar-refractivity contribution in [2.24, 2.45) is 5.92 Å². The third-order valence-electron chi connectivity index (χ3n) is 2.49. The van der Waals surface area contributed by atoms with Crippen LogP contribution in [-0.2, 0) is 9.47 Å². The second-order valence-corrected chi connectivity index (χ2v) is 3.22. The highest BCUT2D eigenvalue weighted by atomic mass is 16.7. The molecule has 2 heterocycles. The number of fused-ring (bicyclic) bond motifs is 2. The minimum absolute atomic E-state index is 0.0382. The summed E-state index contributed by atoms with van der Waals surface area (Å²) >= 11 is 0. The van der Waals surface area contributed by atoms with Gasteiger partial charge in [-0.2, -0.15) is 0 Å². The summed E-state index contributed by atoms with van der Waals surface area (Å²) in [5.74, 6) is -0.0382. The Morgan fingerprint density at radius 1 is 1.27 bits per heavy atom. The summed E-state index contributed by atoms with van der Waals surface area (Å²) in [5, 5.41) is 18.8. The molecular weight excluding hydrogens is 148 g/mol. The Morgan fingerprint density at radius 2 is 2.00 bits per heavy atom. The number of hydrogen-bond donors (Lipinski definition) is 2. The van der Waals surface area contributed by atoms with Gasteiger partial charge in [-0.1, -0.05) is 6.92 Å². The molecular formula is C7H12O4. The minimum Gasteiger partial charge on any atom is -0.390 e. The molecule has 64 valence electrons. The molecule has 0 saturated carbocycles. The molecule has 2 saturated heterocycles. The molecule has 5 atom stereocenters. The van der Waals surface area contributed by atoms with E-state index >= 15 is 0 Å². The van der Waals surface area contributed by atoms with Crippen LogP contribution >= 0.6 is 0 Å². The number of ether oxygens (including phenoxy) is 2. The van der Waals surface area contributed by atoms with Crippen LogP contribution in [0, 0.1) is 5.92 Å². The Hall–Kier alpha value is -0.160. The average Bonchev–Trinajstić information content (AvgIpc) is 2.44. The van der Waals surface area contributed by atoms with Crippen LogP contribution in [-0.4, -0.2) is 41.4 Å². The van der Waals surface area contributed by atoms with Crippen molar-refractivity contribution in [3.63, 3.8) is 0 Å². The third-order valence-corrected chi connectivity index (χ3v) is 2.49. The smallest absolute Gasteiger partial charge is 0.186 e. The van der Waals surface area contributed by atoms with Gasteiger partial charge in [-0.25, -0.2) is 0 Å². The molecule has 0 unspecified atom stereocenters. The van der Waals surface area contributed by atoms with Crippen molar-refractivity contribution in [3.8, 4) is 0 Å². The fourth-order valence-corrected chi connectivity index (χ4v) is 1.59. The summed E-state index contributed by atoms with van der Waals surface area (Å²) in [6.45, 7) is 2.34. The minimum atomic E-state index is -0.885. The molecule has 0 amide bonds. The Balaban J connectivity index is 2.16. The van der Waals surface area contributed by atoms with E-state index in [1.54, 1.807) is 0 Å². The van der Waals surface area contributed by atoms with Crippen molar-refractivity contribution in [1.82, 2.24) is 0 Å². The monoisotopic (exact) mass is 160 g/mol. The van der Waals surface area contributed by atoms with E-state index in [-0.39, 0.29) is 12.0 Å². The second-order valence-electron chi connectivity index (χ2n) is 3.22. The van der Waals surface area contributed by atoms with Crippen molar-refractivity contribution in [3.05, 3.63) is 0 Å². The van der Waals surface area contributed by atoms with Crippen molar-refractivity contribution < 1.29 is 19.7 Å². The van der Waals surface area contributed by atoms with Crippen LogP contribution in [0.25, 0.3) is 0 Å². The van der Waals surface area contributed by atoms with E-state index in [0.29, 0.717) is 6.61 Å². The lowest BCUT2D eigenvalue weighted by Gasteiger charge is -2.33. The van der Waals surface area contributed by atoms with Gasteiger partial charge in [0.2, 0.25) is 0 Å². The van der Waals surface area contributed by atoms with Gasteiger partial charge in [-0.15, -0.1) is 0 Å². The molecule has 4 heteroatoms. The molecule has 2 bridgehead atoms. The van der Waals surface area contributed by atoms with Crippen LogP contribution in [0.15, 0.2) is 0 Å². The zero-order chi connectivity index (χ0) is 8.01. The SMILES string of the molecule is C[C@H]1[C@H](O)[C@@H](O)[C@@H]2OC[C@H]1O2. The van der Waals surface area contributed by atoms with Crippen molar-refractivity contribution >= 4 is 0 Å². The molecule has 2 aliphatic heterocycles. The van der Waals surface area contributed by atoms with Crippen LogP contribution in [0.5, 0.6) is 0 Å². The van der Waals surface area contributed by atoms with E-state index in [1.807, 2.05) is 6.92 Å². The lowest BCUT2D eigenvalue weighted by molar-refractivity contribution is -0.210. The first-order valence-electron chi connectivity index (χ1n) is 3.83. The standard InChI is InChI=1S/C7H12O4/c1-3-4-2-10-7(11-4)6(9)5(3)8/h3-9H,2H2,1H3/t3-,4-,5+,6-,7-/m1/s1. The molecule has 2 fully saturated rings. The second kappa shape index (κ2) is 2.42. The van der Waals surface area contributed by atoms with Gasteiger partial charge in [-0.05, 0) is 0 Å². The Kier molecular flexibility index (Phi) is 1.64. The summed E-state index contributed by atoms with van der Waals surface area (Å²) in [6.07, 6.45) is -2.24. The van der Waals surface area contributed by atoms with Gasteiger partial charge >= 0.3 is 0 Å². The largest absolute Gasteiger partial charge is 0.390 e. The Bertz CT molecular complexity index is 141. The molecule has 2 N–H and O–H groups in total. The summed E-state index contributed by atoms with van der Waals surface area (Å²) in [5.41, 5.74) is 0. The lowest BCUT2D eigenvalue weighted by Crippen LogP contribution is -2.49. The molecule has 11 heavy (non-hydrogen) atoms. The molecule has 2 rings (SSSR count).